The Kier molecular flexibility index (Phi) is 2.13. The van der Waals surface area contributed by atoms with E-state index in [9.17, 15) is 0 Å². The molecule has 1 unspecified atom stereocenters. The first kappa shape index (κ1) is 7.80. The molecule has 0 aliphatic heterocycles. The van der Waals surface area contributed by atoms with Crippen molar-refractivity contribution in [1.82, 2.24) is 10.2 Å². The van der Waals surface area contributed by atoms with Gasteiger partial charge in [-0.1, -0.05) is 6.42 Å². The van der Waals surface area contributed by atoms with Gasteiger partial charge in [-0.15, -0.1) is 0 Å². The fourth-order valence-corrected chi connectivity index (χ4v) is 1.96. The summed E-state index contributed by atoms with van der Waals surface area (Å²) in [7, 11) is 0. The van der Waals surface area contributed by atoms with E-state index in [4.69, 9.17) is 5.73 Å². The summed E-state index contributed by atoms with van der Waals surface area (Å²) in [6, 6.07) is 0. The summed E-state index contributed by atoms with van der Waals surface area (Å²) in [6.45, 7) is 0.745. The normalized spacial score (nSPS) is 23.2. The predicted molar refractivity (Wildman–Crippen MR) is 47.9 cm³/mol. The van der Waals surface area contributed by atoms with Gasteiger partial charge in [0.05, 0.1) is 6.20 Å². The van der Waals surface area contributed by atoms with Crippen LogP contribution in [-0.2, 0) is 6.42 Å². The maximum Gasteiger partial charge on any atom is 0.0522 e. The lowest BCUT2D eigenvalue weighted by Gasteiger charge is -2.10. The van der Waals surface area contributed by atoms with Crippen molar-refractivity contribution in [2.24, 2.45) is 5.73 Å². The molecule has 0 saturated carbocycles. The second-order valence-corrected chi connectivity index (χ2v) is 3.49. The number of hydrogen-bond donors (Lipinski definition) is 2. The van der Waals surface area contributed by atoms with Gasteiger partial charge in [-0.05, 0) is 24.8 Å². The first-order valence-corrected chi connectivity index (χ1v) is 4.64. The van der Waals surface area contributed by atoms with E-state index in [0.717, 1.165) is 6.54 Å². The number of nitrogens with two attached hydrogens (primary N) is 1. The molecule has 1 atom stereocenters. The molecule has 0 saturated heterocycles. The van der Waals surface area contributed by atoms with Gasteiger partial charge in [0.2, 0.25) is 0 Å². The van der Waals surface area contributed by atoms with Crippen LogP contribution in [-0.4, -0.2) is 16.7 Å². The third-order valence-corrected chi connectivity index (χ3v) is 2.69. The highest BCUT2D eigenvalue weighted by Crippen LogP contribution is 2.27. The van der Waals surface area contributed by atoms with Crippen LogP contribution in [0.15, 0.2) is 6.20 Å². The molecule has 1 aromatic rings. The molecule has 1 aliphatic carbocycles. The molecular formula is C9H15N3. The maximum atomic E-state index is 5.70. The van der Waals surface area contributed by atoms with Gasteiger partial charge in [-0.25, -0.2) is 0 Å². The Hall–Kier alpha value is -0.830. The molecule has 3 nitrogen and oxygen atoms in total. The van der Waals surface area contributed by atoms with Crippen LogP contribution in [0.5, 0.6) is 0 Å². The Morgan fingerprint density at radius 2 is 2.50 bits per heavy atom. The Morgan fingerprint density at radius 3 is 3.33 bits per heavy atom. The quantitative estimate of drug-likeness (QED) is 0.614. The van der Waals surface area contributed by atoms with E-state index in [1.807, 2.05) is 6.20 Å². The lowest BCUT2D eigenvalue weighted by Crippen LogP contribution is -2.12. The molecule has 0 aromatic carbocycles. The number of nitrogens with zero attached hydrogens (tertiary/aromatic N) is 1. The SMILES string of the molecule is NCC1CCCCc2cn[nH]c21. The zero-order valence-electron chi connectivity index (χ0n) is 7.21. The van der Waals surface area contributed by atoms with Crippen molar-refractivity contribution in [1.29, 1.82) is 0 Å². The lowest BCUT2D eigenvalue weighted by atomic mass is 10.00. The van der Waals surface area contributed by atoms with Crippen molar-refractivity contribution in [3.8, 4) is 0 Å². The molecule has 1 aromatic heterocycles. The number of fused-ring (bicyclic) bond motifs is 1. The molecule has 0 fully saturated rings. The standard InChI is InChI=1S/C9H15N3/c10-5-7-3-1-2-4-8-6-11-12-9(7)8/h6-7H,1-5,10H2,(H,11,12). The Bertz CT molecular complexity index is 254. The molecule has 0 radical (unpaired) electrons. The minimum Gasteiger partial charge on any atom is -0.330 e. The van der Waals surface area contributed by atoms with Gasteiger partial charge >= 0.3 is 0 Å². The third-order valence-electron chi connectivity index (χ3n) is 2.69. The molecule has 0 amide bonds. The van der Waals surface area contributed by atoms with Crippen molar-refractivity contribution >= 4 is 0 Å². The van der Waals surface area contributed by atoms with E-state index >= 15 is 0 Å². The van der Waals surface area contributed by atoms with E-state index in [0.29, 0.717) is 5.92 Å². The minimum atomic E-state index is 0.519. The highest BCUT2D eigenvalue weighted by Gasteiger charge is 2.18. The Balaban J connectivity index is 2.29. The zero-order valence-corrected chi connectivity index (χ0v) is 7.21. The fourth-order valence-electron chi connectivity index (χ4n) is 1.96. The van der Waals surface area contributed by atoms with Crippen molar-refractivity contribution in [2.45, 2.75) is 31.6 Å². The minimum absolute atomic E-state index is 0.519. The Morgan fingerprint density at radius 1 is 1.58 bits per heavy atom. The summed E-state index contributed by atoms with van der Waals surface area (Å²) >= 11 is 0. The molecule has 1 aliphatic rings. The monoisotopic (exact) mass is 165 g/mol. The van der Waals surface area contributed by atoms with Crippen molar-refractivity contribution in [3.05, 3.63) is 17.5 Å². The van der Waals surface area contributed by atoms with Crippen molar-refractivity contribution in [2.75, 3.05) is 6.54 Å². The number of aryl methyl sites for hydroxylation is 1. The van der Waals surface area contributed by atoms with Gasteiger partial charge < -0.3 is 5.73 Å². The molecule has 0 spiro atoms. The van der Waals surface area contributed by atoms with E-state index in [2.05, 4.69) is 10.2 Å². The third kappa shape index (κ3) is 1.25. The highest BCUT2D eigenvalue weighted by molar-refractivity contribution is 5.22. The molecule has 66 valence electrons. The second-order valence-electron chi connectivity index (χ2n) is 3.49. The Labute approximate surface area is 72.4 Å². The molecule has 2 rings (SSSR count). The number of rotatable bonds is 1. The van der Waals surface area contributed by atoms with Gasteiger partial charge in [-0.3, -0.25) is 5.10 Å². The zero-order chi connectivity index (χ0) is 8.39. The van der Waals surface area contributed by atoms with Crippen LogP contribution in [0.3, 0.4) is 0 Å². The van der Waals surface area contributed by atoms with Crippen molar-refractivity contribution in [3.63, 3.8) is 0 Å². The van der Waals surface area contributed by atoms with Crippen LogP contribution in [0.4, 0.5) is 0 Å². The average Bonchev–Trinajstić information content (AvgIpc) is 2.46. The summed E-state index contributed by atoms with van der Waals surface area (Å²) in [5.74, 6) is 0.519. The summed E-state index contributed by atoms with van der Waals surface area (Å²) in [4.78, 5) is 0. The van der Waals surface area contributed by atoms with E-state index in [-0.39, 0.29) is 0 Å². The number of hydrogen-bond acceptors (Lipinski definition) is 2. The molecule has 0 bridgehead atoms. The van der Waals surface area contributed by atoms with E-state index < -0.39 is 0 Å². The number of H-pyrrole nitrogens is 1. The summed E-state index contributed by atoms with van der Waals surface area (Å²) in [5, 5.41) is 7.13. The van der Waals surface area contributed by atoms with E-state index in [1.54, 1.807) is 0 Å². The van der Waals surface area contributed by atoms with Crippen LogP contribution in [0.2, 0.25) is 0 Å². The molecule has 3 heteroatoms. The second kappa shape index (κ2) is 3.27. The lowest BCUT2D eigenvalue weighted by molar-refractivity contribution is 0.589. The van der Waals surface area contributed by atoms with Crippen LogP contribution in [0.25, 0.3) is 0 Å². The summed E-state index contributed by atoms with van der Waals surface area (Å²) in [5.41, 5.74) is 8.36. The van der Waals surface area contributed by atoms with Gasteiger partial charge in [0, 0.05) is 18.2 Å². The average molecular weight is 165 g/mol. The van der Waals surface area contributed by atoms with Gasteiger partial charge in [-0.2, -0.15) is 5.10 Å². The van der Waals surface area contributed by atoms with Crippen LogP contribution >= 0.6 is 0 Å². The van der Waals surface area contributed by atoms with Gasteiger partial charge in [0.25, 0.3) is 0 Å². The first-order valence-electron chi connectivity index (χ1n) is 4.64. The van der Waals surface area contributed by atoms with Gasteiger partial charge in [0.15, 0.2) is 0 Å². The van der Waals surface area contributed by atoms with E-state index in [1.165, 1.54) is 36.9 Å². The van der Waals surface area contributed by atoms with Gasteiger partial charge in [0.1, 0.15) is 0 Å². The number of aromatic amines is 1. The smallest absolute Gasteiger partial charge is 0.0522 e. The van der Waals surface area contributed by atoms with Crippen LogP contribution in [0.1, 0.15) is 36.4 Å². The topological polar surface area (TPSA) is 54.7 Å². The van der Waals surface area contributed by atoms with Crippen molar-refractivity contribution < 1.29 is 0 Å². The van der Waals surface area contributed by atoms with Crippen LogP contribution < -0.4 is 5.73 Å². The largest absolute Gasteiger partial charge is 0.330 e. The maximum absolute atomic E-state index is 5.70. The number of aromatic nitrogens is 2. The van der Waals surface area contributed by atoms with Crippen LogP contribution in [0, 0.1) is 0 Å². The first-order chi connectivity index (χ1) is 5.92. The molecule has 12 heavy (non-hydrogen) atoms. The predicted octanol–water partition coefficient (Wildman–Crippen LogP) is 1.18. The highest BCUT2D eigenvalue weighted by atomic mass is 15.1. The molecule has 3 N–H and O–H groups in total. The fraction of sp³-hybridized carbons (Fsp3) is 0.667. The summed E-state index contributed by atoms with van der Waals surface area (Å²) in [6.07, 6.45) is 6.91. The molecule has 1 heterocycles. The summed E-state index contributed by atoms with van der Waals surface area (Å²) < 4.78 is 0. The molecular weight excluding hydrogens is 150 g/mol. The number of nitrogens with one attached hydrogen (secondary N) is 1.